The highest BCUT2D eigenvalue weighted by atomic mass is 32.1. The van der Waals surface area contributed by atoms with Gasteiger partial charge < -0.3 is 14.0 Å². The number of rotatable bonds is 4. The van der Waals surface area contributed by atoms with Crippen LogP contribution < -0.4 is 19.7 Å². The molecule has 0 atom stereocenters. The SMILES string of the molecule is COc1ccc(N2C(=O)/C(=C/c3cccn3C)C(=O)NC2=S)c(OC)c1. The smallest absolute Gasteiger partial charge is 0.270 e. The average molecular weight is 371 g/mol. The highest BCUT2D eigenvalue weighted by Gasteiger charge is 2.36. The Labute approximate surface area is 155 Å². The van der Waals surface area contributed by atoms with Crippen LogP contribution in [0.1, 0.15) is 5.69 Å². The van der Waals surface area contributed by atoms with Gasteiger partial charge in [0.05, 0.1) is 19.9 Å². The minimum absolute atomic E-state index is 0.00695. The van der Waals surface area contributed by atoms with Crippen LogP contribution in [0, 0.1) is 0 Å². The number of aryl methyl sites for hydroxylation is 1. The first kappa shape index (κ1) is 17.7. The van der Waals surface area contributed by atoms with E-state index in [9.17, 15) is 9.59 Å². The first-order valence-corrected chi connectivity index (χ1v) is 8.12. The van der Waals surface area contributed by atoms with Crippen LogP contribution in [0.3, 0.4) is 0 Å². The first-order chi connectivity index (χ1) is 12.5. The van der Waals surface area contributed by atoms with Gasteiger partial charge in [0.25, 0.3) is 11.8 Å². The lowest BCUT2D eigenvalue weighted by atomic mass is 10.1. The number of ether oxygens (including phenoxy) is 2. The van der Waals surface area contributed by atoms with Crippen molar-refractivity contribution < 1.29 is 19.1 Å². The van der Waals surface area contributed by atoms with E-state index in [1.807, 2.05) is 19.3 Å². The molecule has 0 saturated carbocycles. The van der Waals surface area contributed by atoms with Gasteiger partial charge in [-0.1, -0.05) is 0 Å². The van der Waals surface area contributed by atoms with Crippen molar-refractivity contribution in [3.8, 4) is 11.5 Å². The molecular weight excluding hydrogens is 354 g/mol. The fourth-order valence-corrected chi connectivity index (χ4v) is 2.89. The Bertz CT molecular complexity index is 932. The molecule has 26 heavy (non-hydrogen) atoms. The quantitative estimate of drug-likeness (QED) is 0.505. The topological polar surface area (TPSA) is 72.8 Å². The molecule has 8 heteroatoms. The first-order valence-electron chi connectivity index (χ1n) is 7.71. The molecule has 0 aliphatic carbocycles. The molecule has 2 amide bonds. The van der Waals surface area contributed by atoms with Crippen molar-refractivity contribution in [3.05, 3.63) is 47.8 Å². The van der Waals surface area contributed by atoms with Crippen LogP contribution in [-0.2, 0) is 16.6 Å². The molecule has 0 spiro atoms. The second kappa shape index (κ2) is 7.01. The zero-order valence-electron chi connectivity index (χ0n) is 14.5. The molecule has 2 heterocycles. The van der Waals surface area contributed by atoms with Crippen LogP contribution in [0.15, 0.2) is 42.1 Å². The van der Waals surface area contributed by atoms with Crippen molar-refractivity contribution in [3.63, 3.8) is 0 Å². The molecule has 0 bridgehead atoms. The molecule has 0 unspecified atom stereocenters. The van der Waals surface area contributed by atoms with Gasteiger partial charge in [-0.25, -0.2) is 4.90 Å². The van der Waals surface area contributed by atoms with Crippen LogP contribution in [0.4, 0.5) is 5.69 Å². The highest BCUT2D eigenvalue weighted by Crippen LogP contribution is 2.34. The van der Waals surface area contributed by atoms with Crippen molar-refractivity contribution in [2.75, 3.05) is 19.1 Å². The van der Waals surface area contributed by atoms with Crippen molar-refractivity contribution >= 4 is 40.9 Å². The molecular formula is C18H17N3O4S. The molecule has 1 aliphatic heterocycles. The maximum Gasteiger partial charge on any atom is 0.270 e. The summed E-state index contributed by atoms with van der Waals surface area (Å²) in [5, 5.41) is 2.55. The summed E-state index contributed by atoms with van der Waals surface area (Å²) in [7, 11) is 4.84. The molecule has 2 aromatic rings. The minimum Gasteiger partial charge on any atom is -0.497 e. The molecule has 3 rings (SSSR count). The number of nitrogens with one attached hydrogen (secondary N) is 1. The van der Waals surface area contributed by atoms with Crippen LogP contribution in [0.2, 0.25) is 0 Å². The van der Waals surface area contributed by atoms with Crippen LogP contribution in [0.5, 0.6) is 11.5 Å². The normalized spacial score (nSPS) is 16.0. The van der Waals surface area contributed by atoms with Crippen LogP contribution in [0.25, 0.3) is 6.08 Å². The monoisotopic (exact) mass is 371 g/mol. The van der Waals surface area contributed by atoms with Crippen molar-refractivity contribution in [1.82, 2.24) is 9.88 Å². The van der Waals surface area contributed by atoms with E-state index in [1.54, 1.807) is 28.8 Å². The molecule has 0 radical (unpaired) electrons. The molecule has 134 valence electrons. The number of methoxy groups -OCH3 is 2. The Morgan fingerprint density at radius 3 is 2.54 bits per heavy atom. The van der Waals surface area contributed by atoms with E-state index in [-0.39, 0.29) is 10.7 Å². The molecule has 1 N–H and O–H groups in total. The highest BCUT2D eigenvalue weighted by molar-refractivity contribution is 7.80. The number of amides is 2. The second-order valence-corrected chi connectivity index (χ2v) is 5.93. The third-order valence-corrected chi connectivity index (χ3v) is 4.29. The van der Waals surface area contributed by atoms with Gasteiger partial charge in [0, 0.05) is 25.0 Å². The summed E-state index contributed by atoms with van der Waals surface area (Å²) in [6.45, 7) is 0. The summed E-state index contributed by atoms with van der Waals surface area (Å²) in [5.41, 5.74) is 1.12. The van der Waals surface area contributed by atoms with E-state index < -0.39 is 11.8 Å². The second-order valence-electron chi connectivity index (χ2n) is 5.54. The third kappa shape index (κ3) is 3.06. The zero-order valence-corrected chi connectivity index (χ0v) is 15.3. The van der Waals surface area contributed by atoms with Gasteiger partial charge in [-0.2, -0.15) is 0 Å². The van der Waals surface area contributed by atoms with Crippen molar-refractivity contribution in [2.24, 2.45) is 7.05 Å². The number of carbonyl (C=O) groups is 2. The third-order valence-electron chi connectivity index (χ3n) is 4.01. The van der Waals surface area contributed by atoms with Gasteiger partial charge in [-0.3, -0.25) is 14.9 Å². The van der Waals surface area contributed by atoms with E-state index in [2.05, 4.69) is 5.32 Å². The van der Waals surface area contributed by atoms with Gasteiger partial charge >= 0.3 is 0 Å². The fraction of sp³-hybridized carbons (Fsp3) is 0.167. The lowest BCUT2D eigenvalue weighted by Gasteiger charge is -2.30. The summed E-state index contributed by atoms with van der Waals surface area (Å²) in [6.07, 6.45) is 3.36. The molecule has 7 nitrogen and oxygen atoms in total. The number of benzene rings is 1. The maximum absolute atomic E-state index is 13.0. The van der Waals surface area contributed by atoms with Gasteiger partial charge in [0.2, 0.25) is 0 Å². The number of anilines is 1. The Hall–Kier alpha value is -3.13. The van der Waals surface area contributed by atoms with E-state index in [0.29, 0.717) is 17.2 Å². The zero-order chi connectivity index (χ0) is 18.8. The predicted molar refractivity (Wildman–Crippen MR) is 101 cm³/mol. The minimum atomic E-state index is -0.537. The summed E-state index contributed by atoms with van der Waals surface area (Å²) in [4.78, 5) is 26.6. The molecule has 1 saturated heterocycles. The van der Waals surface area contributed by atoms with Gasteiger partial charge in [0.15, 0.2) is 5.11 Å². The van der Waals surface area contributed by atoms with Gasteiger partial charge in [0.1, 0.15) is 17.1 Å². The van der Waals surface area contributed by atoms with Crippen molar-refractivity contribution in [1.29, 1.82) is 0 Å². The lowest BCUT2D eigenvalue weighted by Crippen LogP contribution is -2.54. The molecule has 1 aromatic carbocycles. The van der Waals surface area contributed by atoms with Crippen molar-refractivity contribution in [2.45, 2.75) is 0 Å². The fourth-order valence-electron chi connectivity index (χ4n) is 2.62. The number of hydrogen-bond donors (Lipinski definition) is 1. The van der Waals surface area contributed by atoms with E-state index in [0.717, 1.165) is 5.69 Å². The Morgan fingerprint density at radius 1 is 1.15 bits per heavy atom. The molecule has 1 aromatic heterocycles. The number of nitrogens with zero attached hydrogens (tertiary/aromatic N) is 2. The van der Waals surface area contributed by atoms with E-state index in [4.69, 9.17) is 21.7 Å². The average Bonchev–Trinajstić information content (AvgIpc) is 3.03. The van der Waals surface area contributed by atoms with Crippen LogP contribution >= 0.6 is 12.2 Å². The van der Waals surface area contributed by atoms with E-state index in [1.165, 1.54) is 25.2 Å². The number of carbonyl (C=O) groups excluding carboxylic acids is 2. The van der Waals surface area contributed by atoms with Gasteiger partial charge in [-0.15, -0.1) is 0 Å². The number of aromatic nitrogens is 1. The number of thiocarbonyl (C=S) groups is 1. The van der Waals surface area contributed by atoms with Gasteiger partial charge in [-0.05, 0) is 42.6 Å². The largest absolute Gasteiger partial charge is 0.497 e. The Kier molecular flexibility index (Phi) is 4.77. The molecule has 1 fully saturated rings. The standard InChI is InChI=1S/C18H17N3O4S/c1-20-8-4-5-11(20)9-13-16(22)19-18(26)21(17(13)23)14-7-6-12(24-2)10-15(14)25-3/h4-10H,1-3H3,(H,19,22,26)/b13-9+. The summed E-state index contributed by atoms with van der Waals surface area (Å²) >= 11 is 5.21. The predicted octanol–water partition coefficient (Wildman–Crippen LogP) is 1.87. The lowest BCUT2D eigenvalue weighted by molar-refractivity contribution is -0.122. The molecule has 1 aliphatic rings. The summed E-state index contributed by atoms with van der Waals surface area (Å²) in [5.74, 6) is -0.0904. The van der Waals surface area contributed by atoms with Crippen LogP contribution in [-0.4, -0.2) is 35.7 Å². The Morgan fingerprint density at radius 2 is 1.92 bits per heavy atom. The summed E-state index contributed by atoms with van der Waals surface area (Å²) < 4.78 is 12.3. The number of hydrogen-bond acceptors (Lipinski definition) is 5. The Balaban J connectivity index is 2.06. The summed E-state index contributed by atoms with van der Waals surface area (Å²) in [6, 6.07) is 8.61. The van der Waals surface area contributed by atoms with E-state index >= 15 is 0 Å². The maximum atomic E-state index is 13.0.